The van der Waals surface area contributed by atoms with E-state index in [1.165, 1.54) is 95.5 Å². The molecule has 0 atom stereocenters. The Morgan fingerprint density at radius 1 is 0.500 bits per heavy atom. The number of sulfonamides is 4. The third kappa shape index (κ3) is 25.8. The topological polar surface area (TPSA) is 398 Å². The zero-order valence-corrected chi connectivity index (χ0v) is 64.3. The Kier molecular flexibility index (Phi) is 30.3. The van der Waals surface area contributed by atoms with Gasteiger partial charge in [-0.1, -0.05) is 58.5 Å². The first-order valence-electron chi connectivity index (χ1n) is 31.8. The van der Waals surface area contributed by atoms with E-state index in [1.54, 1.807) is 69.3 Å². The molecule has 2 heterocycles. The van der Waals surface area contributed by atoms with E-state index < -0.39 is 87.8 Å². The fourth-order valence-electron chi connectivity index (χ4n) is 9.92. The summed E-state index contributed by atoms with van der Waals surface area (Å²) in [7, 11) is -12.5. The van der Waals surface area contributed by atoms with Crippen LogP contribution < -0.4 is 61.4 Å². The summed E-state index contributed by atoms with van der Waals surface area (Å²) < 4.78 is 145. The van der Waals surface area contributed by atoms with Gasteiger partial charge >= 0.3 is 30.3 Å². The number of nitrogens with two attached hydrogens (primary N) is 1. The van der Waals surface area contributed by atoms with Crippen LogP contribution in [0.4, 0.5) is 61.7 Å². The van der Waals surface area contributed by atoms with Crippen LogP contribution in [0.3, 0.4) is 0 Å². The minimum absolute atomic E-state index is 0.00486. The number of carbonyl (C=O) groups excluding carboxylic acids is 5. The molecule has 0 radical (unpaired) electrons. The number of alkyl carbamates (subject to hydrolysis) is 1. The van der Waals surface area contributed by atoms with E-state index in [9.17, 15) is 70.8 Å². The van der Waals surface area contributed by atoms with Crippen molar-refractivity contribution in [1.29, 1.82) is 0 Å². The number of nitrogens with one attached hydrogen (secondary N) is 7. The molecule has 578 valence electrons. The first-order valence-corrected chi connectivity index (χ1v) is 39.8. The molecular weight excluding hydrogens is 1560 g/mol. The molecule has 7 amide bonds. The van der Waals surface area contributed by atoms with Crippen molar-refractivity contribution in [2.24, 2.45) is 5.73 Å². The Bertz CT molecular complexity index is 4600. The molecule has 6 aromatic carbocycles. The van der Waals surface area contributed by atoms with E-state index in [1.807, 2.05) is 9.80 Å². The number of nitrogens with zero attached hydrogens (tertiary/aromatic N) is 6. The van der Waals surface area contributed by atoms with Crippen LogP contribution in [0, 0.1) is 0 Å². The van der Waals surface area contributed by atoms with Crippen molar-refractivity contribution >= 4 is 157 Å². The number of piperazine rings is 2. The summed E-state index contributed by atoms with van der Waals surface area (Å²) in [4.78, 5) is 76.1. The van der Waals surface area contributed by atoms with Crippen LogP contribution in [-0.2, 0) is 62.7 Å². The highest BCUT2D eigenvalue weighted by Gasteiger charge is 2.38. The number of carboxylic acids is 1. The molecule has 0 aliphatic carbocycles. The maximum absolute atomic E-state index is 13.6. The zero-order valence-electron chi connectivity index (χ0n) is 58.1. The molecule has 41 heteroatoms. The number of benzene rings is 6. The number of ether oxygens (including phenoxy) is 1. The van der Waals surface area contributed by atoms with Crippen LogP contribution >= 0.6 is 46.4 Å². The van der Waals surface area contributed by atoms with Gasteiger partial charge in [0.05, 0.1) is 44.8 Å². The molecule has 106 heavy (non-hydrogen) atoms. The van der Waals surface area contributed by atoms with Gasteiger partial charge in [-0.15, -0.1) is 0 Å². The van der Waals surface area contributed by atoms with E-state index in [4.69, 9.17) is 66.8 Å². The highest BCUT2D eigenvalue weighted by molar-refractivity contribution is 7.92. The molecule has 2 aliphatic rings. The first-order chi connectivity index (χ1) is 49.3. The molecule has 0 bridgehead atoms. The van der Waals surface area contributed by atoms with E-state index in [-0.39, 0.29) is 103 Å². The number of aliphatic carboxylic acids is 1. The Morgan fingerprint density at radius 2 is 0.830 bits per heavy atom. The van der Waals surface area contributed by atoms with Gasteiger partial charge in [-0.05, 0) is 141 Å². The average Bonchev–Trinajstić information content (AvgIpc) is 0.948. The van der Waals surface area contributed by atoms with Gasteiger partial charge in [0.15, 0.2) is 0 Å². The summed E-state index contributed by atoms with van der Waals surface area (Å²) in [5.74, 6) is -4.05. The molecule has 10 N–H and O–H groups in total. The summed E-state index contributed by atoms with van der Waals surface area (Å²) in [6.07, 6.45) is -3.69. The van der Waals surface area contributed by atoms with Gasteiger partial charge in [-0.2, -0.15) is 21.8 Å². The van der Waals surface area contributed by atoms with Gasteiger partial charge in [0.1, 0.15) is 5.60 Å². The fourth-order valence-corrected chi connectivity index (χ4v) is 14.8. The second-order valence-corrected chi connectivity index (χ2v) is 34.0. The summed E-state index contributed by atoms with van der Waals surface area (Å²) in [5, 5.41) is 27.5. The fraction of sp³-hybridized carbons (Fsp3) is 0.354. The molecule has 0 unspecified atom stereocenters. The number of carbonyl (C=O) groups is 6. The van der Waals surface area contributed by atoms with Gasteiger partial charge < -0.3 is 62.6 Å². The number of anilines is 6. The average molecular weight is 1640 g/mol. The Hall–Kier alpha value is -8.63. The molecule has 2 saturated heterocycles. The third-order valence-electron chi connectivity index (χ3n) is 15.3. The second-order valence-electron chi connectivity index (χ2n) is 24.4. The first kappa shape index (κ1) is 86.3. The maximum atomic E-state index is 13.6. The Labute approximate surface area is 632 Å². The number of hydrogen-bond donors (Lipinski definition) is 9. The van der Waals surface area contributed by atoms with Gasteiger partial charge in [0.25, 0.3) is 11.8 Å². The van der Waals surface area contributed by atoms with Crippen molar-refractivity contribution in [2.75, 3.05) is 134 Å². The van der Waals surface area contributed by atoms with Crippen molar-refractivity contribution in [3.05, 3.63) is 164 Å². The zero-order chi connectivity index (χ0) is 78.9. The van der Waals surface area contributed by atoms with Crippen molar-refractivity contribution in [2.45, 2.75) is 55.4 Å². The summed E-state index contributed by atoms with van der Waals surface area (Å²) in [6.45, 7) is 8.79. The molecule has 30 nitrogen and oxygen atoms in total. The van der Waals surface area contributed by atoms with Crippen LogP contribution in [0.1, 0.15) is 52.6 Å². The second kappa shape index (κ2) is 37.3. The normalized spacial score (nSPS) is 13.8. The van der Waals surface area contributed by atoms with E-state index in [2.05, 4.69) is 37.2 Å². The standard InChI is InChI=1S/C34H43Cl2N7O8S2.C29H35Cl2N7O6S2.C2HF3O2/c1-34(2,3)51-33(46)38-13-12-37-32(45)39-22-23-6-11-30(41(4)52(5,47)48)29(18-23)31(44)40-26-7-9-28(10-8-26)53(49,50)43-16-14-42(15-17-43)27-20-24(35)19-25(36)21-27;1-36(45(2,41)42)27-8-3-20(19-34-29(40)33-10-9-32)15-26(27)28(39)35-23-4-6-25(7-5-23)46(43,44)38-13-11-37(12-14-38)24-17-21(30)16-22(31)18-24;3-2(4,5)1(6)7/h6-11,18-21H,12-17,22H2,1-5H3,(H,38,46)(H,40,44)(H2,37,39,45);3-8,15-18H,9-14,19,32H2,1-2H3,(H,35,39)(H2,33,34,40);(H,6,7). The van der Waals surface area contributed by atoms with Crippen molar-refractivity contribution in [3.8, 4) is 0 Å². The highest BCUT2D eigenvalue weighted by Crippen LogP contribution is 2.32. The maximum Gasteiger partial charge on any atom is 0.490 e. The van der Waals surface area contributed by atoms with Crippen LogP contribution in [0.2, 0.25) is 20.1 Å². The number of hydrogen-bond acceptors (Lipinski definition) is 18. The lowest BCUT2D eigenvalue weighted by atomic mass is 10.1. The number of urea groups is 2. The molecule has 2 fully saturated rings. The lowest BCUT2D eigenvalue weighted by molar-refractivity contribution is -0.192. The monoisotopic (exact) mass is 1640 g/mol. The van der Waals surface area contributed by atoms with Gasteiger partial charge in [0, 0.05) is 149 Å². The number of amides is 7. The number of alkyl halides is 3. The largest absolute Gasteiger partial charge is 0.490 e. The molecule has 6 aromatic rings. The Morgan fingerprint density at radius 3 is 1.14 bits per heavy atom. The van der Waals surface area contributed by atoms with Crippen molar-refractivity contribution in [3.63, 3.8) is 0 Å². The summed E-state index contributed by atoms with van der Waals surface area (Å²) >= 11 is 24.5. The predicted molar refractivity (Wildman–Crippen MR) is 400 cm³/mol. The smallest absolute Gasteiger partial charge is 0.475 e. The van der Waals surface area contributed by atoms with Crippen LogP contribution in [0.25, 0.3) is 0 Å². The molecule has 0 spiro atoms. The minimum atomic E-state index is -5.08. The molecular formula is C65H79Cl4F3N14O16S4. The molecule has 0 saturated carbocycles. The molecule has 0 aromatic heterocycles. The minimum Gasteiger partial charge on any atom is -0.475 e. The number of rotatable bonds is 23. The van der Waals surface area contributed by atoms with E-state index in [0.717, 1.165) is 32.5 Å². The lowest BCUT2D eigenvalue weighted by Crippen LogP contribution is -2.48. The van der Waals surface area contributed by atoms with Gasteiger partial charge in [-0.3, -0.25) is 18.2 Å². The number of carboxylic acid groups (broad SMARTS) is 1. The van der Waals surface area contributed by atoms with Gasteiger partial charge in [0.2, 0.25) is 40.1 Å². The van der Waals surface area contributed by atoms with Crippen LogP contribution in [-0.4, -0.2) is 200 Å². The lowest BCUT2D eigenvalue weighted by Gasteiger charge is -2.35. The predicted octanol–water partition coefficient (Wildman–Crippen LogP) is 8.02. The van der Waals surface area contributed by atoms with E-state index >= 15 is 0 Å². The molecule has 8 rings (SSSR count). The third-order valence-corrected chi connectivity index (χ3v) is 22.4. The quantitative estimate of drug-likeness (QED) is 0.0274. The Balaban J connectivity index is 0.000000307. The molecule has 2 aliphatic heterocycles. The van der Waals surface area contributed by atoms with Crippen LogP contribution in [0.5, 0.6) is 0 Å². The van der Waals surface area contributed by atoms with Crippen molar-refractivity contribution < 1.29 is 85.5 Å². The number of halogens is 7. The van der Waals surface area contributed by atoms with Gasteiger partial charge in [-0.25, -0.2) is 52.8 Å². The van der Waals surface area contributed by atoms with Crippen molar-refractivity contribution in [1.82, 2.24) is 35.2 Å². The summed E-state index contributed by atoms with van der Waals surface area (Å²) in [6, 6.07) is 29.8. The van der Waals surface area contributed by atoms with E-state index in [0.29, 0.717) is 63.1 Å². The SMILES string of the molecule is CN(c1ccc(CNC(=O)NCCN)cc1C(=O)Nc1ccc(S(=O)(=O)N2CCN(c3cc(Cl)cc(Cl)c3)CC2)cc1)S(C)(=O)=O.CN(c1ccc(CNC(=O)NCCNC(=O)OC(C)(C)C)cc1C(=O)Nc1ccc(S(=O)(=O)N2CCN(c3cc(Cl)cc(Cl)c3)CC2)cc1)S(C)(=O)=O.O=C(O)C(F)(F)F. The highest BCUT2D eigenvalue weighted by atomic mass is 35.5. The summed E-state index contributed by atoms with van der Waals surface area (Å²) in [5.41, 5.74) is 8.19. The van der Waals surface area contributed by atoms with Crippen LogP contribution in [0.15, 0.2) is 131 Å².